The molecule has 50 heavy (non-hydrogen) atoms. The summed E-state index contributed by atoms with van der Waals surface area (Å²) in [5, 5.41) is 4.87. The van der Waals surface area contributed by atoms with Gasteiger partial charge in [0.2, 0.25) is 0 Å². The van der Waals surface area contributed by atoms with Crippen molar-refractivity contribution in [1.82, 2.24) is 0 Å². The molecule has 0 atom stereocenters. The van der Waals surface area contributed by atoms with Crippen molar-refractivity contribution in [1.29, 1.82) is 0 Å². The van der Waals surface area contributed by atoms with Gasteiger partial charge in [0.05, 0.1) is 0 Å². The first-order valence-corrected chi connectivity index (χ1v) is 17.1. The van der Waals surface area contributed by atoms with E-state index in [9.17, 15) is 0 Å². The van der Waals surface area contributed by atoms with Crippen molar-refractivity contribution in [2.45, 2.75) is 0 Å². The number of hydrogen-bond donors (Lipinski definition) is 0. The number of hydrogen-bond acceptors (Lipinski definition) is 2. The van der Waals surface area contributed by atoms with Crippen LogP contribution in [0.25, 0.3) is 78.2 Å². The van der Waals surface area contributed by atoms with E-state index in [1.165, 1.54) is 55.3 Å². The molecule has 1 heterocycles. The van der Waals surface area contributed by atoms with Crippen molar-refractivity contribution < 1.29 is 4.42 Å². The third-order valence-corrected chi connectivity index (χ3v) is 10.0. The highest BCUT2D eigenvalue weighted by Gasteiger charge is 2.18. The minimum Gasteiger partial charge on any atom is -0.456 e. The van der Waals surface area contributed by atoms with Gasteiger partial charge in [0, 0.05) is 33.9 Å². The highest BCUT2D eigenvalue weighted by Crippen LogP contribution is 2.42. The van der Waals surface area contributed by atoms with Gasteiger partial charge in [-0.05, 0) is 110 Å². The molecule has 0 aliphatic heterocycles. The zero-order chi connectivity index (χ0) is 33.0. The average Bonchev–Trinajstić information content (AvgIpc) is 3.78. The third kappa shape index (κ3) is 4.73. The summed E-state index contributed by atoms with van der Waals surface area (Å²) in [5.41, 5.74) is 14.8. The second-order valence-corrected chi connectivity index (χ2v) is 13.0. The lowest BCUT2D eigenvalue weighted by Crippen LogP contribution is -2.09. The maximum Gasteiger partial charge on any atom is 0.137 e. The highest BCUT2D eigenvalue weighted by atomic mass is 16.3. The largest absolute Gasteiger partial charge is 0.456 e. The molecule has 8 aromatic carbocycles. The van der Waals surface area contributed by atoms with Crippen LogP contribution in [0.2, 0.25) is 0 Å². The molecule has 1 aliphatic carbocycles. The second kappa shape index (κ2) is 11.5. The summed E-state index contributed by atoms with van der Waals surface area (Å²) in [7, 11) is 0. The van der Waals surface area contributed by atoms with Crippen molar-refractivity contribution in [3.8, 4) is 33.4 Å². The Kier molecular flexibility index (Phi) is 6.53. The first-order chi connectivity index (χ1) is 24.8. The summed E-state index contributed by atoms with van der Waals surface area (Å²) in [5.74, 6) is 0. The van der Waals surface area contributed by atoms with Gasteiger partial charge >= 0.3 is 0 Å². The molecule has 1 aliphatic rings. The van der Waals surface area contributed by atoms with Crippen LogP contribution in [0.4, 0.5) is 17.1 Å². The average molecular weight is 638 g/mol. The van der Waals surface area contributed by atoms with Crippen molar-refractivity contribution in [2.75, 3.05) is 4.90 Å². The summed E-state index contributed by atoms with van der Waals surface area (Å²) in [6.45, 7) is 0. The van der Waals surface area contributed by atoms with E-state index in [1.807, 2.05) is 12.1 Å². The van der Waals surface area contributed by atoms with Gasteiger partial charge in [-0.2, -0.15) is 0 Å². The van der Waals surface area contributed by atoms with E-state index in [-0.39, 0.29) is 0 Å². The number of furan rings is 1. The van der Waals surface area contributed by atoms with Crippen LogP contribution in [-0.4, -0.2) is 0 Å². The van der Waals surface area contributed by atoms with Gasteiger partial charge in [-0.15, -0.1) is 0 Å². The molecular weight excluding hydrogens is 607 g/mol. The summed E-state index contributed by atoms with van der Waals surface area (Å²) in [6.07, 6.45) is 4.48. The van der Waals surface area contributed by atoms with Gasteiger partial charge in [0.25, 0.3) is 0 Å². The molecule has 0 spiro atoms. The highest BCUT2D eigenvalue weighted by molar-refractivity contribution is 6.12. The lowest BCUT2D eigenvalue weighted by molar-refractivity contribution is 0.669. The van der Waals surface area contributed by atoms with E-state index >= 15 is 0 Å². The molecule has 234 valence electrons. The molecule has 9 aromatic rings. The first kappa shape index (κ1) is 28.4. The number of benzene rings is 8. The normalized spacial score (nSPS) is 11.9. The van der Waals surface area contributed by atoms with Gasteiger partial charge < -0.3 is 9.32 Å². The number of rotatable bonds is 6. The number of anilines is 3. The summed E-state index contributed by atoms with van der Waals surface area (Å²) in [6, 6.07) is 63.0. The topological polar surface area (TPSA) is 16.4 Å². The Balaban J connectivity index is 1.08. The van der Waals surface area contributed by atoms with E-state index in [4.69, 9.17) is 4.42 Å². The zero-order valence-corrected chi connectivity index (χ0v) is 27.3. The predicted molar refractivity (Wildman–Crippen MR) is 211 cm³/mol. The molecule has 0 N–H and O–H groups in total. The van der Waals surface area contributed by atoms with E-state index in [1.54, 1.807) is 0 Å². The summed E-state index contributed by atoms with van der Waals surface area (Å²) in [4.78, 5) is 2.31. The fourth-order valence-electron chi connectivity index (χ4n) is 7.57. The van der Waals surface area contributed by atoms with Gasteiger partial charge in [0.15, 0.2) is 0 Å². The SMILES string of the molecule is C1=Cc2cc(-c3ccc(N(c4ccc(-c5ccccc5)cc4)c4ccc5c(c4)oc4ccccc45)cc3)cc3c(-c4ccccc4)ccc1c23. The third-order valence-electron chi connectivity index (χ3n) is 10.0. The Hall–Kier alpha value is -6.64. The molecule has 0 radical (unpaired) electrons. The van der Waals surface area contributed by atoms with Crippen LogP contribution in [0.1, 0.15) is 11.1 Å². The first-order valence-electron chi connectivity index (χ1n) is 17.1. The van der Waals surface area contributed by atoms with Crippen LogP contribution in [0.15, 0.2) is 180 Å². The summed E-state index contributed by atoms with van der Waals surface area (Å²) >= 11 is 0. The Morgan fingerprint density at radius 1 is 0.340 bits per heavy atom. The second-order valence-electron chi connectivity index (χ2n) is 13.0. The van der Waals surface area contributed by atoms with E-state index in [0.717, 1.165) is 39.0 Å². The van der Waals surface area contributed by atoms with Crippen molar-refractivity contribution in [2.24, 2.45) is 0 Å². The smallest absolute Gasteiger partial charge is 0.137 e. The van der Waals surface area contributed by atoms with Crippen molar-refractivity contribution >= 4 is 61.9 Å². The van der Waals surface area contributed by atoms with Crippen LogP contribution in [0, 0.1) is 0 Å². The minimum atomic E-state index is 0.877. The van der Waals surface area contributed by atoms with Crippen LogP contribution < -0.4 is 4.90 Å². The maximum atomic E-state index is 6.34. The monoisotopic (exact) mass is 637 g/mol. The Labute approximate surface area is 290 Å². The Bertz CT molecular complexity index is 2720. The molecule has 2 nitrogen and oxygen atoms in total. The van der Waals surface area contributed by atoms with Gasteiger partial charge in [0.1, 0.15) is 11.2 Å². The number of nitrogens with zero attached hydrogens (tertiary/aromatic N) is 1. The Morgan fingerprint density at radius 2 is 0.920 bits per heavy atom. The molecule has 0 saturated carbocycles. The number of para-hydroxylation sites is 1. The van der Waals surface area contributed by atoms with E-state index < -0.39 is 0 Å². The quantitative estimate of drug-likeness (QED) is 0.180. The van der Waals surface area contributed by atoms with Crippen LogP contribution >= 0.6 is 0 Å². The summed E-state index contributed by atoms with van der Waals surface area (Å²) < 4.78 is 6.34. The molecule has 0 amide bonds. The molecule has 0 unspecified atom stereocenters. The van der Waals surface area contributed by atoms with E-state index in [0.29, 0.717) is 0 Å². The standard InChI is InChI=1S/C48H31NO/c1-3-9-32(10-4-1)33-17-22-39(23-18-33)49(41-26-28-44-43-13-7-8-14-46(43)50-47(44)31-41)40-24-19-34(20-25-40)38-29-37-16-15-36-21-27-42(45(30-38)48(36)37)35-11-5-2-6-12-35/h1-31H. The fourth-order valence-corrected chi connectivity index (χ4v) is 7.57. The lowest BCUT2D eigenvalue weighted by atomic mass is 9.91. The predicted octanol–water partition coefficient (Wildman–Crippen LogP) is 13.7. The molecule has 0 fully saturated rings. The fraction of sp³-hybridized carbons (Fsp3) is 0. The van der Waals surface area contributed by atoms with Crippen LogP contribution in [0.3, 0.4) is 0 Å². The zero-order valence-electron chi connectivity index (χ0n) is 27.3. The molecule has 0 bridgehead atoms. The maximum absolute atomic E-state index is 6.34. The molecule has 2 heteroatoms. The van der Waals surface area contributed by atoms with Gasteiger partial charge in [-0.3, -0.25) is 0 Å². The molecule has 10 rings (SSSR count). The van der Waals surface area contributed by atoms with Crippen molar-refractivity contribution in [3.63, 3.8) is 0 Å². The lowest BCUT2D eigenvalue weighted by Gasteiger charge is -2.26. The Morgan fingerprint density at radius 3 is 1.66 bits per heavy atom. The van der Waals surface area contributed by atoms with Crippen LogP contribution in [-0.2, 0) is 0 Å². The van der Waals surface area contributed by atoms with Crippen molar-refractivity contribution in [3.05, 3.63) is 187 Å². The molecule has 0 saturated heterocycles. The van der Waals surface area contributed by atoms with E-state index in [2.05, 4.69) is 181 Å². The molecular formula is C48H31NO. The number of fused-ring (bicyclic) bond motifs is 3. The van der Waals surface area contributed by atoms with Crippen LogP contribution in [0.5, 0.6) is 0 Å². The van der Waals surface area contributed by atoms with Gasteiger partial charge in [-0.25, -0.2) is 0 Å². The molecule has 1 aromatic heterocycles. The van der Waals surface area contributed by atoms with Gasteiger partial charge in [-0.1, -0.05) is 127 Å². The minimum absolute atomic E-state index is 0.877.